The molecule has 0 saturated carbocycles. The van der Waals surface area contributed by atoms with Gasteiger partial charge in [-0.15, -0.1) is 11.3 Å². The average Bonchev–Trinajstić information content (AvgIpc) is 3.31. The van der Waals surface area contributed by atoms with Gasteiger partial charge in [-0.3, -0.25) is 4.68 Å². The Balaban J connectivity index is 1.42. The Bertz CT molecular complexity index is 1210. The highest BCUT2D eigenvalue weighted by Crippen LogP contribution is 2.33. The van der Waals surface area contributed by atoms with Crippen LogP contribution in [0.1, 0.15) is 27.6 Å². The molecule has 2 aromatic heterocycles. The van der Waals surface area contributed by atoms with Gasteiger partial charge in [-0.25, -0.2) is 9.78 Å². The molecule has 1 atom stereocenters. The number of carbonyl (C=O) groups excluding carboxylic acids is 1. The molecule has 4 aromatic rings. The number of urea groups is 1. The first-order valence-electron chi connectivity index (χ1n) is 9.56. The van der Waals surface area contributed by atoms with Gasteiger partial charge in [-0.1, -0.05) is 24.3 Å². The first-order chi connectivity index (χ1) is 14.1. The van der Waals surface area contributed by atoms with Crippen LogP contribution < -0.4 is 5.32 Å². The molecule has 0 saturated heterocycles. The van der Waals surface area contributed by atoms with Crippen LogP contribution >= 0.6 is 11.3 Å². The Morgan fingerprint density at radius 3 is 2.93 bits per heavy atom. The summed E-state index contributed by atoms with van der Waals surface area (Å²) in [5.74, 6) is 0.114. The maximum Gasteiger partial charge on any atom is 0.322 e. The zero-order valence-corrected chi connectivity index (χ0v) is 17.1. The Morgan fingerprint density at radius 2 is 2.10 bits per heavy atom. The molecule has 0 spiro atoms. The van der Waals surface area contributed by atoms with Crippen LogP contribution in [0.4, 0.5) is 10.5 Å². The van der Waals surface area contributed by atoms with Gasteiger partial charge in [0, 0.05) is 37.9 Å². The molecule has 5 rings (SSSR count). The Morgan fingerprint density at radius 1 is 1.24 bits per heavy atom. The lowest BCUT2D eigenvalue weighted by molar-refractivity contribution is 0.203. The number of fused-ring (bicyclic) bond motifs is 2. The van der Waals surface area contributed by atoms with E-state index < -0.39 is 0 Å². The minimum Gasteiger partial charge on any atom is -0.319 e. The first kappa shape index (κ1) is 17.9. The molecule has 7 heteroatoms. The number of thiazole rings is 1. The molecule has 0 aliphatic carbocycles. The molecule has 2 aromatic carbocycles. The van der Waals surface area contributed by atoms with E-state index in [9.17, 15) is 4.79 Å². The van der Waals surface area contributed by atoms with Crippen molar-refractivity contribution in [1.82, 2.24) is 19.7 Å². The number of nitrogens with one attached hydrogen (secondary N) is 1. The van der Waals surface area contributed by atoms with Crippen LogP contribution in [0.2, 0.25) is 0 Å². The molecule has 0 unspecified atom stereocenters. The van der Waals surface area contributed by atoms with E-state index in [-0.39, 0.29) is 11.9 Å². The van der Waals surface area contributed by atoms with E-state index >= 15 is 0 Å². The number of carbonyl (C=O) groups is 1. The maximum absolute atomic E-state index is 13.1. The molecule has 1 aliphatic rings. The number of anilines is 1. The average molecular weight is 404 g/mol. The van der Waals surface area contributed by atoms with Crippen molar-refractivity contribution < 1.29 is 4.79 Å². The van der Waals surface area contributed by atoms with Gasteiger partial charge in [0.05, 0.1) is 21.4 Å². The fourth-order valence-corrected chi connectivity index (χ4v) is 4.80. The molecule has 1 aliphatic heterocycles. The van der Waals surface area contributed by atoms with Crippen molar-refractivity contribution in [2.75, 3.05) is 11.9 Å². The van der Waals surface area contributed by atoms with Gasteiger partial charge in [0.1, 0.15) is 0 Å². The van der Waals surface area contributed by atoms with E-state index in [1.807, 2.05) is 60.2 Å². The van der Waals surface area contributed by atoms with Crippen molar-refractivity contribution in [1.29, 1.82) is 0 Å². The van der Waals surface area contributed by atoms with Crippen LogP contribution in [0.3, 0.4) is 0 Å². The molecule has 146 valence electrons. The lowest BCUT2D eigenvalue weighted by atomic mass is 9.86. The molecule has 0 fully saturated rings. The number of hydrogen-bond acceptors (Lipinski definition) is 4. The van der Waals surface area contributed by atoms with E-state index in [4.69, 9.17) is 0 Å². The molecule has 0 bridgehead atoms. The van der Waals surface area contributed by atoms with Gasteiger partial charge in [-0.05, 0) is 41.8 Å². The fraction of sp³-hybridized carbons (Fsp3) is 0.227. The van der Waals surface area contributed by atoms with E-state index in [2.05, 4.69) is 33.6 Å². The SMILES string of the molecule is Cc1nc2cc(NC(=O)N3Cc4ccccc4[C@@H](c4cnn(C)c4)C3)ccc2s1. The number of aromatic nitrogens is 3. The van der Waals surface area contributed by atoms with E-state index in [0.29, 0.717) is 13.1 Å². The van der Waals surface area contributed by atoms with E-state index in [1.165, 1.54) is 11.1 Å². The molecule has 6 nitrogen and oxygen atoms in total. The van der Waals surface area contributed by atoms with Crippen molar-refractivity contribution in [3.05, 3.63) is 76.6 Å². The van der Waals surface area contributed by atoms with Crippen LogP contribution in [0.15, 0.2) is 54.9 Å². The van der Waals surface area contributed by atoms with Crippen molar-refractivity contribution in [2.45, 2.75) is 19.4 Å². The predicted molar refractivity (Wildman–Crippen MR) is 115 cm³/mol. The number of rotatable bonds is 2. The Kier molecular flexibility index (Phi) is 4.32. The third kappa shape index (κ3) is 3.38. The van der Waals surface area contributed by atoms with Crippen LogP contribution in [-0.2, 0) is 13.6 Å². The predicted octanol–water partition coefficient (Wildman–Crippen LogP) is 4.52. The fourth-order valence-electron chi connectivity index (χ4n) is 3.99. The summed E-state index contributed by atoms with van der Waals surface area (Å²) in [5.41, 5.74) is 5.25. The molecule has 1 N–H and O–H groups in total. The summed E-state index contributed by atoms with van der Waals surface area (Å²) in [5, 5.41) is 8.40. The number of hydrogen-bond donors (Lipinski definition) is 1. The van der Waals surface area contributed by atoms with Gasteiger partial charge in [-0.2, -0.15) is 5.10 Å². The third-order valence-electron chi connectivity index (χ3n) is 5.35. The molecule has 0 radical (unpaired) electrons. The number of benzene rings is 2. The summed E-state index contributed by atoms with van der Waals surface area (Å²) < 4.78 is 2.94. The summed E-state index contributed by atoms with van der Waals surface area (Å²) >= 11 is 1.66. The van der Waals surface area contributed by atoms with Gasteiger partial charge in [0.2, 0.25) is 0 Å². The molecule has 3 heterocycles. The van der Waals surface area contributed by atoms with Gasteiger partial charge < -0.3 is 10.2 Å². The van der Waals surface area contributed by atoms with E-state index in [1.54, 1.807) is 11.3 Å². The highest BCUT2D eigenvalue weighted by molar-refractivity contribution is 7.18. The third-order valence-corrected chi connectivity index (χ3v) is 6.31. The Hall–Kier alpha value is -3.19. The van der Waals surface area contributed by atoms with Crippen molar-refractivity contribution >= 4 is 33.3 Å². The first-order valence-corrected chi connectivity index (χ1v) is 10.4. The summed E-state index contributed by atoms with van der Waals surface area (Å²) in [7, 11) is 1.92. The normalized spacial score (nSPS) is 16.1. The highest BCUT2D eigenvalue weighted by Gasteiger charge is 2.29. The number of aryl methyl sites for hydroxylation is 2. The zero-order valence-electron chi connectivity index (χ0n) is 16.3. The minimum absolute atomic E-state index is 0.0975. The zero-order chi connectivity index (χ0) is 20.0. The Labute approximate surface area is 172 Å². The quantitative estimate of drug-likeness (QED) is 0.535. The summed E-state index contributed by atoms with van der Waals surface area (Å²) in [6, 6.07) is 14.1. The molecule has 2 amide bonds. The van der Waals surface area contributed by atoms with Crippen molar-refractivity contribution in [3.63, 3.8) is 0 Å². The second-order valence-electron chi connectivity index (χ2n) is 7.42. The lowest BCUT2D eigenvalue weighted by Gasteiger charge is -2.34. The number of nitrogens with zero attached hydrogens (tertiary/aromatic N) is 4. The van der Waals surface area contributed by atoms with Gasteiger partial charge >= 0.3 is 6.03 Å². The van der Waals surface area contributed by atoms with Crippen LogP contribution in [0, 0.1) is 6.92 Å². The minimum atomic E-state index is -0.0975. The highest BCUT2D eigenvalue weighted by atomic mass is 32.1. The molecule has 29 heavy (non-hydrogen) atoms. The van der Waals surface area contributed by atoms with Gasteiger partial charge in [0.15, 0.2) is 0 Å². The monoisotopic (exact) mass is 403 g/mol. The van der Waals surface area contributed by atoms with Crippen LogP contribution in [0.25, 0.3) is 10.2 Å². The van der Waals surface area contributed by atoms with Crippen molar-refractivity contribution in [3.8, 4) is 0 Å². The largest absolute Gasteiger partial charge is 0.322 e. The maximum atomic E-state index is 13.1. The van der Waals surface area contributed by atoms with Gasteiger partial charge in [0.25, 0.3) is 0 Å². The second kappa shape index (κ2) is 7.00. The smallest absolute Gasteiger partial charge is 0.319 e. The summed E-state index contributed by atoms with van der Waals surface area (Å²) in [4.78, 5) is 19.5. The van der Waals surface area contributed by atoms with Crippen molar-refractivity contribution in [2.24, 2.45) is 7.05 Å². The second-order valence-corrected chi connectivity index (χ2v) is 8.66. The van der Waals surface area contributed by atoms with Crippen LogP contribution in [-0.4, -0.2) is 32.2 Å². The summed E-state index contributed by atoms with van der Waals surface area (Å²) in [6.07, 6.45) is 3.92. The standard InChI is InChI=1S/C22H21N5OS/c1-14-24-20-9-17(7-8-21(20)29-14)25-22(28)27-12-15-5-3-4-6-18(15)19(13-27)16-10-23-26(2)11-16/h3-11,19H,12-13H2,1-2H3,(H,25,28)/t19-/m1/s1. The topological polar surface area (TPSA) is 63.1 Å². The number of amides is 2. The van der Waals surface area contributed by atoms with Crippen LogP contribution in [0.5, 0.6) is 0 Å². The molecular weight excluding hydrogens is 382 g/mol. The summed E-state index contributed by atoms with van der Waals surface area (Å²) in [6.45, 7) is 3.20. The lowest BCUT2D eigenvalue weighted by Crippen LogP contribution is -2.41. The molecular formula is C22H21N5OS. The van der Waals surface area contributed by atoms with E-state index in [0.717, 1.165) is 26.5 Å².